The second-order valence-electron chi connectivity index (χ2n) is 5.47. The lowest BCUT2D eigenvalue weighted by atomic mass is 10.2. The van der Waals surface area contributed by atoms with Crippen LogP contribution in [0.3, 0.4) is 0 Å². The number of carbonyl (C=O) groups excluding carboxylic acids is 2. The molecular weight excluding hydrogens is 340 g/mol. The number of nitrogens with zero attached hydrogens (tertiary/aromatic N) is 3. The molecule has 0 saturated carbocycles. The van der Waals surface area contributed by atoms with E-state index >= 15 is 0 Å². The molecule has 25 heavy (non-hydrogen) atoms. The smallest absolute Gasteiger partial charge is 0.230 e. The van der Waals surface area contributed by atoms with E-state index in [9.17, 15) is 9.59 Å². The van der Waals surface area contributed by atoms with Gasteiger partial charge in [0.25, 0.3) is 0 Å². The largest absolute Gasteiger partial charge is 0.479 e. The number of benzene rings is 1. The molecule has 8 heteroatoms. The van der Waals surface area contributed by atoms with E-state index in [2.05, 4.69) is 10.3 Å². The molecule has 1 saturated heterocycles. The fourth-order valence-electron chi connectivity index (χ4n) is 2.50. The predicted molar refractivity (Wildman–Crippen MR) is 93.6 cm³/mol. The van der Waals surface area contributed by atoms with Crippen LogP contribution >= 0.6 is 11.3 Å². The van der Waals surface area contributed by atoms with Gasteiger partial charge in [-0.3, -0.25) is 14.5 Å². The van der Waals surface area contributed by atoms with E-state index < -0.39 is 0 Å². The Kier molecular flexibility index (Phi) is 5.26. The van der Waals surface area contributed by atoms with Crippen LogP contribution in [0.2, 0.25) is 0 Å². The van der Waals surface area contributed by atoms with E-state index in [0.717, 1.165) is 6.42 Å². The van der Waals surface area contributed by atoms with E-state index in [1.807, 2.05) is 6.07 Å². The summed E-state index contributed by atoms with van der Waals surface area (Å²) in [5.41, 5.74) is 1.22. The number of hydrogen-bond acceptors (Lipinski definition) is 6. The maximum Gasteiger partial charge on any atom is 0.230 e. The summed E-state index contributed by atoms with van der Waals surface area (Å²) in [7, 11) is 0. The Labute approximate surface area is 148 Å². The second-order valence-corrected chi connectivity index (χ2v) is 6.31. The summed E-state index contributed by atoms with van der Waals surface area (Å²) in [6.07, 6.45) is 1.53. The quantitative estimate of drug-likeness (QED) is 0.857. The van der Waals surface area contributed by atoms with Crippen LogP contribution in [0.15, 0.2) is 29.6 Å². The number of amides is 2. The lowest BCUT2D eigenvalue weighted by Gasteiger charge is -2.10. The van der Waals surface area contributed by atoms with E-state index in [4.69, 9.17) is 10.00 Å². The highest BCUT2D eigenvalue weighted by Crippen LogP contribution is 2.25. The van der Waals surface area contributed by atoms with Gasteiger partial charge in [0.05, 0.1) is 12.1 Å². The standard InChI is InChI=1S/C17H16N4O3S/c18-6-8-24-14-4-1-3-12(9-14)19-15(22)10-13-11-25-17(20-13)21-7-2-5-16(21)23/h1,3-4,9,11H,2,5,7-8,10H2,(H,19,22). The summed E-state index contributed by atoms with van der Waals surface area (Å²) in [6.45, 7) is 0.641. The zero-order chi connectivity index (χ0) is 17.6. The number of thiazole rings is 1. The van der Waals surface area contributed by atoms with Gasteiger partial charge in [-0.2, -0.15) is 5.26 Å². The first-order valence-electron chi connectivity index (χ1n) is 7.80. The van der Waals surface area contributed by atoms with Gasteiger partial charge in [-0.05, 0) is 18.6 Å². The van der Waals surface area contributed by atoms with Crippen molar-refractivity contribution in [1.82, 2.24) is 4.98 Å². The van der Waals surface area contributed by atoms with Gasteiger partial charge in [0.15, 0.2) is 11.7 Å². The zero-order valence-electron chi connectivity index (χ0n) is 13.4. The van der Waals surface area contributed by atoms with Crippen LogP contribution in [0.1, 0.15) is 18.5 Å². The van der Waals surface area contributed by atoms with Gasteiger partial charge in [0.2, 0.25) is 11.8 Å². The van der Waals surface area contributed by atoms with Crippen molar-refractivity contribution in [1.29, 1.82) is 5.26 Å². The summed E-state index contributed by atoms with van der Waals surface area (Å²) in [5, 5.41) is 13.8. The van der Waals surface area contributed by atoms with Gasteiger partial charge in [0, 0.05) is 30.1 Å². The summed E-state index contributed by atoms with van der Waals surface area (Å²) >= 11 is 1.37. The predicted octanol–water partition coefficient (Wildman–Crippen LogP) is 2.35. The Morgan fingerprint density at radius 3 is 3.12 bits per heavy atom. The molecule has 2 aromatic rings. The Hall–Kier alpha value is -2.92. The van der Waals surface area contributed by atoms with Crippen LogP contribution in [0.4, 0.5) is 10.8 Å². The highest BCUT2D eigenvalue weighted by atomic mass is 32.1. The van der Waals surface area contributed by atoms with Gasteiger partial charge < -0.3 is 10.1 Å². The molecule has 1 aromatic heterocycles. The number of nitriles is 1. The third kappa shape index (κ3) is 4.33. The van der Waals surface area contributed by atoms with Crippen LogP contribution in [0, 0.1) is 11.3 Å². The maximum absolute atomic E-state index is 12.2. The van der Waals surface area contributed by atoms with Crippen molar-refractivity contribution in [3.8, 4) is 11.8 Å². The molecule has 0 bridgehead atoms. The highest BCUT2D eigenvalue weighted by Gasteiger charge is 2.24. The van der Waals surface area contributed by atoms with Crippen molar-refractivity contribution in [3.63, 3.8) is 0 Å². The van der Waals surface area contributed by atoms with E-state index in [1.54, 1.807) is 34.5 Å². The SMILES string of the molecule is N#CCOc1cccc(NC(=O)Cc2csc(N3CCCC3=O)n2)c1. The van der Waals surface area contributed by atoms with E-state index in [-0.39, 0.29) is 24.8 Å². The van der Waals surface area contributed by atoms with Crippen molar-refractivity contribution in [3.05, 3.63) is 35.3 Å². The molecule has 1 N–H and O–H groups in total. The fraction of sp³-hybridized carbons (Fsp3) is 0.294. The van der Waals surface area contributed by atoms with Crippen LogP contribution in [-0.2, 0) is 16.0 Å². The normalized spacial score (nSPS) is 13.6. The number of anilines is 2. The lowest BCUT2D eigenvalue weighted by molar-refractivity contribution is -0.117. The van der Waals surface area contributed by atoms with Gasteiger partial charge in [-0.1, -0.05) is 6.07 Å². The number of aromatic nitrogens is 1. The third-order valence-corrected chi connectivity index (χ3v) is 4.52. The summed E-state index contributed by atoms with van der Waals surface area (Å²) in [4.78, 5) is 30.0. The first-order valence-corrected chi connectivity index (χ1v) is 8.68. The minimum absolute atomic E-state index is 0.0474. The Balaban J connectivity index is 1.59. The minimum Gasteiger partial charge on any atom is -0.479 e. The van der Waals surface area contributed by atoms with Crippen molar-refractivity contribution in [2.45, 2.75) is 19.3 Å². The van der Waals surface area contributed by atoms with Crippen LogP contribution < -0.4 is 15.0 Å². The maximum atomic E-state index is 12.2. The molecule has 1 aliphatic rings. The lowest BCUT2D eigenvalue weighted by Crippen LogP contribution is -2.23. The number of nitrogens with one attached hydrogen (secondary N) is 1. The molecule has 0 aliphatic carbocycles. The van der Waals surface area contributed by atoms with Gasteiger partial charge in [0.1, 0.15) is 11.8 Å². The first-order chi connectivity index (χ1) is 12.2. The second kappa shape index (κ2) is 7.77. The summed E-state index contributed by atoms with van der Waals surface area (Å²) < 4.78 is 5.21. The molecule has 0 atom stereocenters. The minimum atomic E-state index is -0.206. The number of ether oxygens (including phenoxy) is 1. The van der Waals surface area contributed by atoms with Crippen molar-refractivity contribution >= 4 is 34.0 Å². The third-order valence-electron chi connectivity index (χ3n) is 3.61. The molecular formula is C17H16N4O3S. The first kappa shape index (κ1) is 16.9. The average molecular weight is 356 g/mol. The molecule has 1 aliphatic heterocycles. The molecule has 0 radical (unpaired) electrons. The molecule has 1 fully saturated rings. The average Bonchev–Trinajstić information content (AvgIpc) is 3.21. The molecule has 128 valence electrons. The van der Waals surface area contributed by atoms with E-state index in [1.165, 1.54) is 11.3 Å². The number of rotatable bonds is 6. The topological polar surface area (TPSA) is 95.3 Å². The van der Waals surface area contributed by atoms with Crippen molar-refractivity contribution in [2.24, 2.45) is 0 Å². The Morgan fingerprint density at radius 2 is 2.36 bits per heavy atom. The molecule has 1 aromatic carbocycles. The van der Waals surface area contributed by atoms with Gasteiger partial charge in [-0.25, -0.2) is 4.98 Å². The van der Waals surface area contributed by atoms with Gasteiger partial charge in [-0.15, -0.1) is 11.3 Å². The monoisotopic (exact) mass is 356 g/mol. The molecule has 7 nitrogen and oxygen atoms in total. The highest BCUT2D eigenvalue weighted by molar-refractivity contribution is 7.14. The molecule has 0 spiro atoms. The van der Waals surface area contributed by atoms with Crippen LogP contribution in [0.5, 0.6) is 5.75 Å². The number of carbonyl (C=O) groups is 2. The fourth-order valence-corrected chi connectivity index (χ4v) is 3.37. The van der Waals surface area contributed by atoms with Crippen LogP contribution in [-0.4, -0.2) is 29.9 Å². The summed E-state index contributed by atoms with van der Waals surface area (Å²) in [6, 6.07) is 8.75. The Morgan fingerprint density at radius 1 is 1.48 bits per heavy atom. The molecule has 0 unspecified atom stereocenters. The number of hydrogen-bond donors (Lipinski definition) is 1. The Bertz CT molecular complexity index is 827. The molecule has 2 heterocycles. The van der Waals surface area contributed by atoms with Crippen molar-refractivity contribution in [2.75, 3.05) is 23.4 Å². The van der Waals surface area contributed by atoms with E-state index in [0.29, 0.717) is 35.2 Å². The zero-order valence-corrected chi connectivity index (χ0v) is 14.2. The van der Waals surface area contributed by atoms with Crippen LogP contribution in [0.25, 0.3) is 0 Å². The molecule has 3 rings (SSSR count). The molecule has 2 amide bonds. The summed E-state index contributed by atoms with van der Waals surface area (Å²) in [5.74, 6) is 0.393. The van der Waals surface area contributed by atoms with Crippen molar-refractivity contribution < 1.29 is 14.3 Å². The van der Waals surface area contributed by atoms with Gasteiger partial charge >= 0.3 is 0 Å².